The van der Waals surface area contributed by atoms with Crippen molar-refractivity contribution in [3.05, 3.63) is 77.4 Å². The highest BCUT2D eigenvalue weighted by Crippen LogP contribution is 2.49. The zero-order valence-corrected chi connectivity index (χ0v) is 22.5. The molecule has 0 aliphatic carbocycles. The summed E-state index contributed by atoms with van der Waals surface area (Å²) in [5, 5.41) is 4.39. The maximum Gasteiger partial charge on any atom is 0.387 e. The number of fused-ring (bicyclic) bond motifs is 2. The molecule has 0 saturated carbocycles. The van der Waals surface area contributed by atoms with Crippen LogP contribution in [0.5, 0.6) is 23.0 Å². The van der Waals surface area contributed by atoms with Gasteiger partial charge in [-0.05, 0) is 49.7 Å². The second-order valence-electron chi connectivity index (χ2n) is 11.0. The van der Waals surface area contributed by atoms with Crippen LogP contribution in [0.2, 0.25) is 0 Å². The first-order valence-electron chi connectivity index (χ1n) is 12.9. The number of anilines is 1. The van der Waals surface area contributed by atoms with Gasteiger partial charge in [0.1, 0.15) is 11.4 Å². The number of halogens is 2. The van der Waals surface area contributed by atoms with Crippen molar-refractivity contribution in [3.8, 4) is 23.0 Å². The maximum absolute atomic E-state index is 13.4. The fourth-order valence-corrected chi connectivity index (χ4v) is 5.21. The Morgan fingerprint density at radius 3 is 2.50 bits per heavy atom. The average molecular weight is 550 g/mol. The third-order valence-corrected chi connectivity index (χ3v) is 6.78. The summed E-state index contributed by atoms with van der Waals surface area (Å²) in [5.74, 6) is -0.0205. The lowest BCUT2D eigenvalue weighted by molar-refractivity contribution is -0.0617. The molecular formula is C30H29F2N3O5. The smallest absolute Gasteiger partial charge is 0.387 e. The molecule has 0 atom stereocenters. The molecule has 0 fully saturated rings. The summed E-state index contributed by atoms with van der Waals surface area (Å²) in [6.07, 6.45) is 0.738. The van der Waals surface area contributed by atoms with Crippen molar-refractivity contribution in [2.75, 3.05) is 11.9 Å². The second kappa shape index (κ2) is 9.32. The number of amides is 2. The Morgan fingerprint density at radius 1 is 0.975 bits per heavy atom. The second-order valence-corrected chi connectivity index (χ2v) is 11.0. The van der Waals surface area contributed by atoms with Gasteiger partial charge in [-0.3, -0.25) is 5.43 Å². The van der Waals surface area contributed by atoms with E-state index in [1.165, 1.54) is 11.1 Å². The third-order valence-electron chi connectivity index (χ3n) is 6.78. The SMILES string of the molecule is CC1(C)Cc2cc(NC(=O)N3CC(c4ccccc4)=C(c4cc(OC(F)F)c5c(c4)OC(C)(C)O5)N3)ccc2O1. The first-order chi connectivity index (χ1) is 19.0. The number of nitrogens with zero attached hydrogens (tertiary/aromatic N) is 1. The summed E-state index contributed by atoms with van der Waals surface area (Å²) < 4.78 is 49.0. The van der Waals surface area contributed by atoms with E-state index >= 15 is 0 Å². The molecule has 3 aliphatic rings. The first kappa shape index (κ1) is 25.8. The van der Waals surface area contributed by atoms with Crippen molar-refractivity contribution >= 4 is 23.0 Å². The lowest BCUT2D eigenvalue weighted by Gasteiger charge is -2.19. The predicted octanol–water partition coefficient (Wildman–Crippen LogP) is 6.43. The Kier molecular flexibility index (Phi) is 6.01. The van der Waals surface area contributed by atoms with Crippen molar-refractivity contribution in [2.24, 2.45) is 0 Å². The number of hydrogen-bond acceptors (Lipinski definition) is 6. The molecule has 3 aliphatic heterocycles. The Balaban J connectivity index is 1.32. The summed E-state index contributed by atoms with van der Waals surface area (Å²) in [6.45, 7) is 4.56. The monoisotopic (exact) mass is 549 g/mol. The van der Waals surface area contributed by atoms with Crippen LogP contribution in [0.25, 0.3) is 11.3 Å². The fourth-order valence-electron chi connectivity index (χ4n) is 5.21. The minimum absolute atomic E-state index is 0.104. The summed E-state index contributed by atoms with van der Waals surface area (Å²) in [4.78, 5) is 13.4. The molecule has 3 aromatic rings. The van der Waals surface area contributed by atoms with Gasteiger partial charge in [-0.1, -0.05) is 30.3 Å². The number of alkyl halides is 2. The molecule has 0 bridgehead atoms. The molecule has 6 rings (SSSR count). The fraction of sp³-hybridized carbons (Fsp3) is 0.300. The molecule has 208 valence electrons. The molecular weight excluding hydrogens is 520 g/mol. The molecule has 0 saturated heterocycles. The van der Waals surface area contributed by atoms with E-state index < -0.39 is 12.4 Å². The van der Waals surface area contributed by atoms with Gasteiger partial charge in [0.05, 0.1) is 12.2 Å². The predicted molar refractivity (Wildman–Crippen MR) is 145 cm³/mol. The number of hydrazine groups is 1. The van der Waals surface area contributed by atoms with Crippen molar-refractivity contribution < 1.29 is 32.5 Å². The third kappa shape index (κ3) is 4.97. The molecule has 3 heterocycles. The van der Waals surface area contributed by atoms with E-state index in [-0.39, 0.29) is 35.4 Å². The summed E-state index contributed by atoms with van der Waals surface area (Å²) >= 11 is 0. The van der Waals surface area contributed by atoms with Crippen molar-refractivity contribution in [3.63, 3.8) is 0 Å². The first-order valence-corrected chi connectivity index (χ1v) is 12.9. The van der Waals surface area contributed by atoms with E-state index in [2.05, 4.69) is 10.7 Å². The molecule has 0 unspecified atom stereocenters. The maximum atomic E-state index is 13.4. The number of carbonyl (C=O) groups excluding carboxylic acids is 1. The van der Waals surface area contributed by atoms with Gasteiger partial charge in [-0.25, -0.2) is 9.80 Å². The lowest BCUT2D eigenvalue weighted by Crippen LogP contribution is -2.40. The molecule has 40 heavy (non-hydrogen) atoms. The average Bonchev–Trinajstić information content (AvgIpc) is 3.55. The van der Waals surface area contributed by atoms with Crippen LogP contribution in [0.4, 0.5) is 19.3 Å². The van der Waals surface area contributed by atoms with Gasteiger partial charge >= 0.3 is 12.6 Å². The van der Waals surface area contributed by atoms with E-state index in [9.17, 15) is 13.6 Å². The van der Waals surface area contributed by atoms with Crippen LogP contribution in [0.1, 0.15) is 44.4 Å². The zero-order chi connectivity index (χ0) is 28.2. The van der Waals surface area contributed by atoms with Crippen LogP contribution in [-0.2, 0) is 6.42 Å². The van der Waals surface area contributed by atoms with Crippen molar-refractivity contribution in [2.45, 2.75) is 52.1 Å². The van der Waals surface area contributed by atoms with Crippen LogP contribution in [0.15, 0.2) is 60.7 Å². The van der Waals surface area contributed by atoms with Gasteiger partial charge < -0.3 is 24.3 Å². The zero-order valence-electron chi connectivity index (χ0n) is 22.5. The number of carbonyl (C=O) groups is 1. The molecule has 3 aromatic carbocycles. The summed E-state index contributed by atoms with van der Waals surface area (Å²) in [5.41, 5.74) is 7.26. The van der Waals surface area contributed by atoms with E-state index in [4.69, 9.17) is 18.9 Å². The highest BCUT2D eigenvalue weighted by Gasteiger charge is 2.37. The number of hydrogen-bond donors (Lipinski definition) is 2. The summed E-state index contributed by atoms with van der Waals surface area (Å²) in [6, 6.07) is 17.9. The lowest BCUT2D eigenvalue weighted by atomic mass is 10.00. The van der Waals surface area contributed by atoms with Gasteiger partial charge in [0.15, 0.2) is 11.5 Å². The van der Waals surface area contributed by atoms with Crippen LogP contribution in [0, 0.1) is 0 Å². The van der Waals surface area contributed by atoms with Gasteiger partial charge in [-0.2, -0.15) is 8.78 Å². The topological polar surface area (TPSA) is 81.3 Å². The number of urea groups is 1. The Hall–Kier alpha value is -4.47. The number of rotatable bonds is 5. The normalized spacial score (nSPS) is 17.9. The highest BCUT2D eigenvalue weighted by molar-refractivity contribution is 5.99. The van der Waals surface area contributed by atoms with Crippen molar-refractivity contribution in [1.29, 1.82) is 0 Å². The Labute approximate surface area is 230 Å². The largest absolute Gasteiger partial charge is 0.487 e. The van der Waals surface area contributed by atoms with E-state index in [1.807, 2.05) is 56.3 Å². The Bertz CT molecular complexity index is 1520. The van der Waals surface area contributed by atoms with Crippen LogP contribution in [0.3, 0.4) is 0 Å². The number of nitrogens with one attached hydrogen (secondary N) is 2. The molecule has 8 nitrogen and oxygen atoms in total. The van der Waals surface area contributed by atoms with E-state index in [0.717, 1.165) is 28.9 Å². The molecule has 2 amide bonds. The molecule has 0 spiro atoms. The minimum atomic E-state index is -3.06. The molecule has 0 aromatic heterocycles. The van der Waals surface area contributed by atoms with E-state index in [1.54, 1.807) is 26.0 Å². The summed E-state index contributed by atoms with van der Waals surface area (Å²) in [7, 11) is 0. The molecule has 2 N–H and O–H groups in total. The molecule has 10 heteroatoms. The van der Waals surface area contributed by atoms with Gasteiger partial charge in [-0.15, -0.1) is 0 Å². The Morgan fingerprint density at radius 2 is 1.75 bits per heavy atom. The van der Waals surface area contributed by atoms with Gasteiger partial charge in [0.2, 0.25) is 11.5 Å². The highest BCUT2D eigenvalue weighted by atomic mass is 19.3. The van der Waals surface area contributed by atoms with Gasteiger partial charge in [0, 0.05) is 42.7 Å². The molecule has 0 radical (unpaired) electrons. The van der Waals surface area contributed by atoms with Crippen molar-refractivity contribution in [1.82, 2.24) is 10.4 Å². The number of ether oxygens (including phenoxy) is 4. The van der Waals surface area contributed by atoms with Crippen LogP contribution in [-0.4, -0.2) is 35.6 Å². The quantitative estimate of drug-likeness (QED) is 0.382. The van der Waals surface area contributed by atoms with Crippen LogP contribution < -0.4 is 29.7 Å². The number of benzene rings is 3. The minimum Gasteiger partial charge on any atom is -0.487 e. The van der Waals surface area contributed by atoms with Gasteiger partial charge in [0.25, 0.3) is 0 Å². The standard InChI is InChI=1S/C30H29F2N3O5/c1-29(2)15-19-12-20(10-11-22(19)38-29)33-28(36)35-16-21(17-8-6-5-7-9-17)25(34-35)18-13-23(37-27(31)32)26-24(14-18)39-30(3,4)40-26/h5-14,27,34H,15-16H2,1-4H3,(H,33,36). The van der Waals surface area contributed by atoms with E-state index in [0.29, 0.717) is 16.9 Å². The van der Waals surface area contributed by atoms with Crippen LogP contribution >= 0.6 is 0 Å².